The maximum absolute atomic E-state index is 4.40. The van der Waals surface area contributed by atoms with Crippen LogP contribution in [-0.2, 0) is 6.42 Å². The summed E-state index contributed by atoms with van der Waals surface area (Å²) in [4.78, 5) is 7.15. The lowest BCUT2D eigenvalue weighted by atomic mass is 9.97. The largest absolute Gasteiger partial charge is 0.314 e. The fourth-order valence-electron chi connectivity index (χ4n) is 3.70. The lowest BCUT2D eigenvalue weighted by Gasteiger charge is -2.39. The number of piperidine rings is 1. The van der Waals surface area contributed by atoms with Gasteiger partial charge in [-0.2, -0.15) is 0 Å². The van der Waals surface area contributed by atoms with Gasteiger partial charge in [-0.25, -0.2) is 4.98 Å². The minimum Gasteiger partial charge on any atom is -0.314 e. The average Bonchev–Trinajstić information content (AvgIpc) is 2.94. The number of fused-ring (bicyclic) bond motifs is 2. The molecule has 4 heteroatoms. The number of thiazole rings is 1. The van der Waals surface area contributed by atoms with Crippen molar-refractivity contribution < 1.29 is 0 Å². The van der Waals surface area contributed by atoms with Gasteiger partial charge >= 0.3 is 0 Å². The van der Waals surface area contributed by atoms with Gasteiger partial charge in [-0.3, -0.25) is 4.90 Å². The highest BCUT2D eigenvalue weighted by Gasteiger charge is 2.39. The van der Waals surface area contributed by atoms with E-state index >= 15 is 0 Å². The Morgan fingerprint density at radius 2 is 2.17 bits per heavy atom. The van der Waals surface area contributed by atoms with E-state index in [2.05, 4.69) is 27.5 Å². The first-order valence-electron chi connectivity index (χ1n) is 7.23. The molecule has 2 bridgehead atoms. The number of nitrogens with zero attached hydrogens (tertiary/aromatic N) is 2. The van der Waals surface area contributed by atoms with Crippen molar-refractivity contribution in [3.05, 3.63) is 16.6 Å². The molecule has 2 atom stereocenters. The van der Waals surface area contributed by atoms with E-state index in [1.54, 1.807) is 11.3 Å². The molecular formula is C14H23N3S. The second-order valence-corrected chi connectivity index (χ2v) is 6.30. The summed E-state index contributed by atoms with van der Waals surface area (Å²) >= 11 is 1.71. The van der Waals surface area contributed by atoms with Crippen molar-refractivity contribution in [1.29, 1.82) is 0 Å². The van der Waals surface area contributed by atoms with E-state index in [-0.39, 0.29) is 0 Å². The van der Waals surface area contributed by atoms with Crippen LogP contribution >= 0.6 is 11.3 Å². The standard InChI is InChI=1S/C14H23N3S/c1-2-15-12-7-13-3-4-14(8-12)17(13)6-5-11-9-18-10-16-11/h9-10,12-15H,2-8H2,1H3. The van der Waals surface area contributed by atoms with E-state index < -0.39 is 0 Å². The molecule has 2 saturated heterocycles. The fourth-order valence-corrected chi connectivity index (χ4v) is 4.29. The van der Waals surface area contributed by atoms with Crippen molar-refractivity contribution in [2.45, 2.75) is 57.2 Å². The first-order chi connectivity index (χ1) is 8.86. The predicted octanol–water partition coefficient (Wildman–Crippen LogP) is 2.29. The average molecular weight is 265 g/mol. The Labute approximate surface area is 114 Å². The molecule has 0 spiro atoms. The molecule has 18 heavy (non-hydrogen) atoms. The van der Waals surface area contributed by atoms with Crippen molar-refractivity contribution in [2.24, 2.45) is 0 Å². The van der Waals surface area contributed by atoms with Crippen LogP contribution in [0.3, 0.4) is 0 Å². The van der Waals surface area contributed by atoms with Crippen molar-refractivity contribution >= 4 is 11.3 Å². The molecule has 3 nitrogen and oxygen atoms in total. The van der Waals surface area contributed by atoms with Gasteiger partial charge < -0.3 is 5.32 Å². The van der Waals surface area contributed by atoms with E-state index in [1.807, 2.05) is 5.51 Å². The number of aromatic nitrogens is 1. The van der Waals surface area contributed by atoms with E-state index in [4.69, 9.17) is 0 Å². The van der Waals surface area contributed by atoms with Crippen LogP contribution in [0.15, 0.2) is 10.9 Å². The van der Waals surface area contributed by atoms with Crippen LogP contribution < -0.4 is 5.32 Å². The summed E-state index contributed by atoms with van der Waals surface area (Å²) in [5.41, 5.74) is 3.22. The van der Waals surface area contributed by atoms with Crippen LogP contribution in [0, 0.1) is 0 Å². The Morgan fingerprint density at radius 1 is 1.39 bits per heavy atom. The Bertz CT molecular complexity index is 351. The van der Waals surface area contributed by atoms with Gasteiger partial charge in [-0.05, 0) is 32.2 Å². The zero-order chi connectivity index (χ0) is 12.4. The normalized spacial score (nSPS) is 31.9. The van der Waals surface area contributed by atoms with Crippen LogP contribution in [0.4, 0.5) is 0 Å². The third-order valence-corrected chi connectivity index (χ3v) is 5.12. The molecule has 0 radical (unpaired) electrons. The van der Waals surface area contributed by atoms with Gasteiger partial charge in [0.1, 0.15) is 0 Å². The zero-order valence-electron chi connectivity index (χ0n) is 11.1. The molecular weight excluding hydrogens is 242 g/mol. The summed E-state index contributed by atoms with van der Waals surface area (Å²) in [6.45, 7) is 4.54. The van der Waals surface area contributed by atoms with E-state index in [0.717, 1.165) is 31.1 Å². The molecule has 0 amide bonds. The van der Waals surface area contributed by atoms with E-state index in [9.17, 15) is 0 Å². The number of hydrogen-bond acceptors (Lipinski definition) is 4. The van der Waals surface area contributed by atoms with Gasteiger partial charge in [0.15, 0.2) is 0 Å². The predicted molar refractivity (Wildman–Crippen MR) is 76.0 cm³/mol. The molecule has 1 N–H and O–H groups in total. The van der Waals surface area contributed by atoms with Crippen molar-refractivity contribution in [1.82, 2.24) is 15.2 Å². The Kier molecular flexibility index (Phi) is 3.97. The quantitative estimate of drug-likeness (QED) is 0.885. The van der Waals surface area contributed by atoms with Crippen molar-refractivity contribution in [2.75, 3.05) is 13.1 Å². The molecule has 2 aliphatic heterocycles. The maximum atomic E-state index is 4.40. The highest BCUT2D eigenvalue weighted by atomic mass is 32.1. The Morgan fingerprint density at radius 3 is 2.78 bits per heavy atom. The van der Waals surface area contributed by atoms with Crippen LogP contribution in [0.5, 0.6) is 0 Å². The molecule has 0 saturated carbocycles. The third kappa shape index (κ3) is 2.60. The summed E-state index contributed by atoms with van der Waals surface area (Å²) in [5.74, 6) is 0. The zero-order valence-corrected chi connectivity index (χ0v) is 12.0. The van der Waals surface area contributed by atoms with E-state index in [0.29, 0.717) is 0 Å². The second kappa shape index (κ2) is 5.68. The minimum absolute atomic E-state index is 0.767. The fraction of sp³-hybridized carbons (Fsp3) is 0.786. The molecule has 2 aliphatic rings. The molecule has 0 aromatic carbocycles. The van der Waals surface area contributed by atoms with Crippen LogP contribution in [0.2, 0.25) is 0 Å². The highest BCUT2D eigenvalue weighted by molar-refractivity contribution is 7.07. The van der Waals surface area contributed by atoms with Crippen molar-refractivity contribution in [3.63, 3.8) is 0 Å². The van der Waals surface area contributed by atoms with Crippen LogP contribution in [-0.4, -0.2) is 41.1 Å². The van der Waals surface area contributed by atoms with Crippen LogP contribution in [0.25, 0.3) is 0 Å². The number of rotatable bonds is 5. The lowest BCUT2D eigenvalue weighted by molar-refractivity contribution is 0.119. The van der Waals surface area contributed by atoms with Gasteiger partial charge in [-0.15, -0.1) is 11.3 Å². The summed E-state index contributed by atoms with van der Waals surface area (Å²) in [6.07, 6.45) is 6.64. The maximum Gasteiger partial charge on any atom is 0.0794 e. The highest BCUT2D eigenvalue weighted by Crippen LogP contribution is 2.35. The Hall–Kier alpha value is -0.450. The second-order valence-electron chi connectivity index (χ2n) is 5.58. The SMILES string of the molecule is CCNC1CC2CCC(C1)N2CCc1cscn1. The molecule has 1 aromatic rings. The third-order valence-electron chi connectivity index (χ3n) is 4.49. The smallest absolute Gasteiger partial charge is 0.0794 e. The van der Waals surface area contributed by atoms with Crippen molar-refractivity contribution in [3.8, 4) is 0 Å². The lowest BCUT2D eigenvalue weighted by Crippen LogP contribution is -2.49. The van der Waals surface area contributed by atoms with Gasteiger partial charge in [0, 0.05) is 36.5 Å². The molecule has 1 aromatic heterocycles. The van der Waals surface area contributed by atoms with E-state index in [1.165, 1.54) is 37.9 Å². The number of hydrogen-bond donors (Lipinski definition) is 1. The monoisotopic (exact) mass is 265 g/mol. The molecule has 2 fully saturated rings. The molecule has 3 heterocycles. The van der Waals surface area contributed by atoms with Gasteiger partial charge in [0.05, 0.1) is 11.2 Å². The first kappa shape index (κ1) is 12.6. The summed E-state index contributed by atoms with van der Waals surface area (Å²) in [5, 5.41) is 5.83. The molecule has 0 aliphatic carbocycles. The minimum atomic E-state index is 0.767. The summed E-state index contributed by atoms with van der Waals surface area (Å²) in [6, 6.07) is 2.42. The molecule has 2 unspecified atom stereocenters. The van der Waals surface area contributed by atoms with Gasteiger partial charge in [0.25, 0.3) is 0 Å². The topological polar surface area (TPSA) is 28.2 Å². The van der Waals surface area contributed by atoms with Gasteiger partial charge in [0.2, 0.25) is 0 Å². The Balaban J connectivity index is 1.55. The molecule has 100 valence electrons. The summed E-state index contributed by atoms with van der Waals surface area (Å²) < 4.78 is 0. The first-order valence-corrected chi connectivity index (χ1v) is 8.17. The molecule has 3 rings (SSSR count). The van der Waals surface area contributed by atoms with Gasteiger partial charge in [-0.1, -0.05) is 6.92 Å². The number of nitrogens with one attached hydrogen (secondary N) is 1. The van der Waals surface area contributed by atoms with Crippen LogP contribution in [0.1, 0.15) is 38.3 Å². The summed E-state index contributed by atoms with van der Waals surface area (Å²) in [7, 11) is 0.